The second kappa shape index (κ2) is 15.6. The molecule has 0 unspecified atom stereocenters. The molecule has 8 heteroatoms. The Morgan fingerprint density at radius 2 is 0.875 bits per heavy atom. The van der Waals surface area contributed by atoms with E-state index < -0.39 is 34.9 Å². The zero-order valence-electron chi connectivity index (χ0n) is 27.5. The number of ketones is 2. The van der Waals surface area contributed by atoms with Gasteiger partial charge in [0.05, 0.1) is 33.6 Å². The first kappa shape index (κ1) is 34.1. The van der Waals surface area contributed by atoms with Crippen LogP contribution in [0.2, 0.25) is 0 Å². The summed E-state index contributed by atoms with van der Waals surface area (Å²) in [4.78, 5) is 54.5. The standard InChI is InChI=1S/C40H42N2O6/c1-3-5-7-9-11-25-13-17-27(18-14-25)39(47)41-29-21-23-31(43)35-33(29)37(45)34-30(22-24-32(44)36(34)38(35)46)42-40(48)28-19-15-26(16-20-28)12-10-8-6-4-2/h13-24,43-44H,3-12H2,1-2H3,(H,41,47)(H,42,48). The summed E-state index contributed by atoms with van der Waals surface area (Å²) in [7, 11) is 0. The molecule has 0 atom stereocenters. The van der Waals surface area contributed by atoms with Gasteiger partial charge in [0.1, 0.15) is 11.5 Å². The fourth-order valence-electron chi connectivity index (χ4n) is 6.12. The number of phenolic OH excluding ortho intramolecular Hbond substituents is 2. The van der Waals surface area contributed by atoms with Crippen molar-refractivity contribution < 1.29 is 29.4 Å². The number of fused-ring (bicyclic) bond motifs is 2. The summed E-state index contributed by atoms with van der Waals surface area (Å²) in [6, 6.07) is 19.6. The Bertz CT molecular complexity index is 1700. The van der Waals surface area contributed by atoms with E-state index >= 15 is 0 Å². The van der Waals surface area contributed by atoms with Gasteiger partial charge in [0.2, 0.25) is 5.78 Å². The first-order chi connectivity index (χ1) is 23.2. The maximum atomic E-state index is 14.1. The Hall–Kier alpha value is -5.24. The number of carbonyl (C=O) groups is 4. The number of phenols is 2. The number of benzene rings is 4. The van der Waals surface area contributed by atoms with Crippen LogP contribution in [-0.4, -0.2) is 33.6 Å². The Labute approximate surface area is 281 Å². The molecule has 0 fully saturated rings. The second-order valence-corrected chi connectivity index (χ2v) is 12.3. The third kappa shape index (κ3) is 7.49. The van der Waals surface area contributed by atoms with Gasteiger partial charge in [0, 0.05) is 11.1 Å². The van der Waals surface area contributed by atoms with Gasteiger partial charge in [-0.25, -0.2) is 0 Å². The highest BCUT2D eigenvalue weighted by Crippen LogP contribution is 2.42. The van der Waals surface area contributed by atoms with Crippen molar-refractivity contribution in [1.82, 2.24) is 0 Å². The summed E-state index contributed by atoms with van der Waals surface area (Å²) < 4.78 is 0. The van der Waals surface area contributed by atoms with Crippen LogP contribution in [0, 0.1) is 0 Å². The number of nitrogens with one attached hydrogen (secondary N) is 2. The van der Waals surface area contributed by atoms with E-state index in [1.54, 1.807) is 24.3 Å². The van der Waals surface area contributed by atoms with Crippen LogP contribution in [0.15, 0.2) is 72.8 Å². The number of rotatable bonds is 14. The zero-order valence-corrected chi connectivity index (χ0v) is 27.5. The van der Waals surface area contributed by atoms with Gasteiger partial charge < -0.3 is 20.8 Å². The third-order valence-corrected chi connectivity index (χ3v) is 8.84. The van der Waals surface area contributed by atoms with E-state index in [-0.39, 0.29) is 33.6 Å². The summed E-state index contributed by atoms with van der Waals surface area (Å²) >= 11 is 0. The molecule has 0 bridgehead atoms. The molecule has 0 heterocycles. The molecule has 0 spiro atoms. The predicted molar refractivity (Wildman–Crippen MR) is 188 cm³/mol. The first-order valence-electron chi connectivity index (χ1n) is 16.8. The molecule has 5 rings (SSSR count). The summed E-state index contributed by atoms with van der Waals surface area (Å²) in [6.07, 6.45) is 11.0. The third-order valence-electron chi connectivity index (χ3n) is 8.84. The molecule has 48 heavy (non-hydrogen) atoms. The Balaban J connectivity index is 1.39. The fourth-order valence-corrected chi connectivity index (χ4v) is 6.12. The molecule has 0 saturated heterocycles. The van der Waals surface area contributed by atoms with Gasteiger partial charge in [-0.1, -0.05) is 76.6 Å². The summed E-state index contributed by atoms with van der Waals surface area (Å²) in [6.45, 7) is 4.33. The van der Waals surface area contributed by atoms with E-state index in [0.29, 0.717) is 11.1 Å². The van der Waals surface area contributed by atoms with Gasteiger partial charge in [0.25, 0.3) is 11.8 Å². The molecule has 0 radical (unpaired) electrons. The monoisotopic (exact) mass is 646 g/mol. The number of unbranched alkanes of at least 4 members (excludes halogenated alkanes) is 6. The molecule has 1 aliphatic rings. The van der Waals surface area contributed by atoms with Crippen LogP contribution in [0.25, 0.3) is 0 Å². The lowest BCUT2D eigenvalue weighted by Gasteiger charge is -2.24. The molecule has 2 amide bonds. The van der Waals surface area contributed by atoms with Crippen molar-refractivity contribution in [2.45, 2.75) is 78.1 Å². The van der Waals surface area contributed by atoms with Crippen molar-refractivity contribution >= 4 is 34.8 Å². The van der Waals surface area contributed by atoms with E-state index in [0.717, 1.165) is 62.5 Å². The van der Waals surface area contributed by atoms with Crippen LogP contribution in [0.3, 0.4) is 0 Å². The topological polar surface area (TPSA) is 133 Å². The van der Waals surface area contributed by atoms with Crippen LogP contribution in [0.5, 0.6) is 11.5 Å². The first-order valence-corrected chi connectivity index (χ1v) is 16.8. The number of hydrogen-bond donors (Lipinski definition) is 4. The highest BCUT2D eigenvalue weighted by atomic mass is 16.3. The van der Waals surface area contributed by atoms with E-state index in [2.05, 4.69) is 24.5 Å². The minimum atomic E-state index is -0.804. The van der Waals surface area contributed by atoms with Crippen molar-refractivity contribution in [3.05, 3.63) is 117 Å². The molecule has 0 aromatic heterocycles. The minimum Gasteiger partial charge on any atom is -0.507 e. The summed E-state index contributed by atoms with van der Waals surface area (Å²) in [5, 5.41) is 26.9. The van der Waals surface area contributed by atoms with Gasteiger partial charge in [-0.15, -0.1) is 0 Å². The van der Waals surface area contributed by atoms with Crippen molar-refractivity contribution in [2.75, 3.05) is 10.6 Å². The molecule has 248 valence electrons. The number of carbonyl (C=O) groups excluding carboxylic acids is 4. The molecular weight excluding hydrogens is 604 g/mol. The van der Waals surface area contributed by atoms with Gasteiger partial charge in [-0.3, -0.25) is 19.2 Å². The molecule has 4 aromatic carbocycles. The maximum Gasteiger partial charge on any atom is 0.255 e. The van der Waals surface area contributed by atoms with E-state index in [1.807, 2.05) is 24.3 Å². The van der Waals surface area contributed by atoms with Gasteiger partial charge in [-0.05, 0) is 85.3 Å². The van der Waals surface area contributed by atoms with Gasteiger partial charge in [-0.2, -0.15) is 0 Å². The second-order valence-electron chi connectivity index (χ2n) is 12.3. The molecule has 4 N–H and O–H groups in total. The minimum absolute atomic E-state index is 0.0237. The van der Waals surface area contributed by atoms with Crippen molar-refractivity contribution in [3.8, 4) is 11.5 Å². The average molecular weight is 647 g/mol. The highest BCUT2D eigenvalue weighted by Gasteiger charge is 2.38. The average Bonchev–Trinajstić information content (AvgIpc) is 3.09. The lowest BCUT2D eigenvalue weighted by atomic mass is 9.81. The van der Waals surface area contributed by atoms with E-state index in [9.17, 15) is 29.4 Å². The van der Waals surface area contributed by atoms with Crippen LogP contribution in [-0.2, 0) is 12.8 Å². The van der Waals surface area contributed by atoms with Crippen molar-refractivity contribution in [2.24, 2.45) is 0 Å². The Morgan fingerprint density at radius 1 is 0.500 bits per heavy atom. The number of hydrogen-bond acceptors (Lipinski definition) is 6. The van der Waals surface area contributed by atoms with Gasteiger partial charge >= 0.3 is 0 Å². The van der Waals surface area contributed by atoms with Crippen molar-refractivity contribution in [3.63, 3.8) is 0 Å². The van der Waals surface area contributed by atoms with Crippen LogP contribution >= 0.6 is 0 Å². The van der Waals surface area contributed by atoms with Crippen LogP contribution in [0.1, 0.15) is 129 Å². The molecule has 8 nitrogen and oxygen atoms in total. The lowest BCUT2D eigenvalue weighted by Crippen LogP contribution is -2.26. The molecular formula is C40H42N2O6. The quantitative estimate of drug-likeness (QED) is 0.0705. The molecule has 0 aliphatic heterocycles. The normalized spacial score (nSPS) is 12.0. The number of anilines is 2. The predicted octanol–water partition coefficient (Wildman–Crippen LogP) is 8.62. The summed E-state index contributed by atoms with van der Waals surface area (Å²) in [5.41, 5.74) is 1.91. The number of aromatic hydroxyl groups is 2. The number of aryl methyl sites for hydroxylation is 2. The van der Waals surface area contributed by atoms with Crippen molar-refractivity contribution in [1.29, 1.82) is 0 Å². The summed E-state index contributed by atoms with van der Waals surface area (Å²) in [5.74, 6) is -3.47. The van der Waals surface area contributed by atoms with Crippen LogP contribution < -0.4 is 10.6 Å². The zero-order chi connectivity index (χ0) is 34.2. The van der Waals surface area contributed by atoms with Gasteiger partial charge in [0.15, 0.2) is 5.78 Å². The van der Waals surface area contributed by atoms with E-state index in [1.165, 1.54) is 37.1 Å². The highest BCUT2D eigenvalue weighted by molar-refractivity contribution is 6.34. The number of amides is 2. The maximum absolute atomic E-state index is 14.1. The fraction of sp³-hybridized carbons (Fsp3) is 0.300. The molecule has 0 saturated carbocycles. The molecule has 1 aliphatic carbocycles. The lowest BCUT2D eigenvalue weighted by molar-refractivity contribution is 0.0973. The Kier molecular flexibility index (Phi) is 11.1. The van der Waals surface area contributed by atoms with Crippen LogP contribution in [0.4, 0.5) is 11.4 Å². The Morgan fingerprint density at radius 3 is 1.25 bits per heavy atom. The largest absolute Gasteiger partial charge is 0.507 e. The smallest absolute Gasteiger partial charge is 0.255 e. The van der Waals surface area contributed by atoms with E-state index in [4.69, 9.17) is 0 Å². The SMILES string of the molecule is CCCCCCc1ccc(C(=O)Nc2ccc(O)c3c2C(=O)c2c(NC(=O)c4ccc(CCCCCC)cc4)ccc(O)c2C3=O)cc1. The molecule has 4 aromatic rings.